The Morgan fingerprint density at radius 1 is 1.05 bits per heavy atom. The SMILES string of the molecule is CC(=O)OC12CC=CCC(OC(C)=O)(CCC1)C2Br. The number of alkyl halides is 1. The molecular formula is C14H19BrO4. The van der Waals surface area contributed by atoms with Crippen LogP contribution in [0.2, 0.25) is 0 Å². The first-order valence-electron chi connectivity index (χ1n) is 6.58. The Hall–Kier alpha value is -0.840. The van der Waals surface area contributed by atoms with E-state index in [1.54, 1.807) is 0 Å². The lowest BCUT2D eigenvalue weighted by molar-refractivity contribution is -0.180. The third kappa shape index (κ3) is 2.71. The van der Waals surface area contributed by atoms with E-state index < -0.39 is 11.2 Å². The molecule has 19 heavy (non-hydrogen) atoms. The van der Waals surface area contributed by atoms with E-state index >= 15 is 0 Å². The third-order valence-corrected chi connectivity index (χ3v) is 5.58. The molecule has 0 spiro atoms. The standard InChI is InChI=1S/C14H19BrO4/c1-10(16)18-13-6-3-4-7-14(12(13)15,9-5-8-13)19-11(2)17/h3-4,12H,5-9H2,1-2H3. The maximum Gasteiger partial charge on any atom is 0.303 e. The van der Waals surface area contributed by atoms with Crippen LogP contribution in [0.5, 0.6) is 0 Å². The normalized spacial score (nSPS) is 37.3. The first-order chi connectivity index (χ1) is 8.90. The molecule has 106 valence electrons. The molecule has 0 saturated heterocycles. The minimum atomic E-state index is -0.605. The van der Waals surface area contributed by atoms with E-state index in [-0.39, 0.29) is 16.8 Å². The van der Waals surface area contributed by atoms with Crippen LogP contribution in [0.25, 0.3) is 0 Å². The molecule has 0 heterocycles. The summed E-state index contributed by atoms with van der Waals surface area (Å²) >= 11 is 3.66. The second-order valence-corrected chi connectivity index (χ2v) is 6.33. The fourth-order valence-corrected chi connectivity index (χ4v) is 4.28. The van der Waals surface area contributed by atoms with Crippen molar-refractivity contribution < 1.29 is 19.1 Å². The molecule has 2 rings (SSSR count). The van der Waals surface area contributed by atoms with Crippen LogP contribution in [0.3, 0.4) is 0 Å². The quantitative estimate of drug-likeness (QED) is 0.444. The second-order valence-electron chi connectivity index (χ2n) is 5.41. The molecule has 2 unspecified atom stereocenters. The van der Waals surface area contributed by atoms with E-state index in [1.807, 2.05) is 12.2 Å². The van der Waals surface area contributed by atoms with Gasteiger partial charge in [0.2, 0.25) is 0 Å². The van der Waals surface area contributed by atoms with Crippen LogP contribution in [-0.2, 0) is 19.1 Å². The Morgan fingerprint density at radius 3 is 1.84 bits per heavy atom. The van der Waals surface area contributed by atoms with E-state index in [2.05, 4.69) is 15.9 Å². The molecule has 0 radical (unpaired) electrons. The molecular weight excluding hydrogens is 312 g/mol. The molecule has 0 N–H and O–H groups in total. The van der Waals surface area contributed by atoms with Gasteiger partial charge in [0.15, 0.2) is 0 Å². The Kier molecular flexibility index (Phi) is 4.04. The Labute approximate surface area is 121 Å². The number of carbonyl (C=O) groups excluding carboxylic acids is 2. The summed E-state index contributed by atoms with van der Waals surface area (Å²) in [4.78, 5) is 22.7. The largest absolute Gasteiger partial charge is 0.458 e. The van der Waals surface area contributed by atoms with Crippen molar-refractivity contribution in [3.05, 3.63) is 12.2 Å². The lowest BCUT2D eigenvalue weighted by atomic mass is 9.73. The average molecular weight is 331 g/mol. The summed E-state index contributed by atoms with van der Waals surface area (Å²) in [7, 11) is 0. The fourth-order valence-electron chi connectivity index (χ4n) is 3.26. The van der Waals surface area contributed by atoms with Crippen molar-refractivity contribution in [1.82, 2.24) is 0 Å². The summed E-state index contributed by atoms with van der Waals surface area (Å²) in [5, 5.41) is 0. The second kappa shape index (κ2) is 5.27. The van der Waals surface area contributed by atoms with Crippen LogP contribution < -0.4 is 0 Å². The monoisotopic (exact) mass is 330 g/mol. The van der Waals surface area contributed by atoms with Gasteiger partial charge in [-0.3, -0.25) is 9.59 Å². The first kappa shape index (κ1) is 14.6. The zero-order valence-corrected chi connectivity index (χ0v) is 12.9. The topological polar surface area (TPSA) is 52.6 Å². The van der Waals surface area contributed by atoms with Crippen molar-refractivity contribution in [3.8, 4) is 0 Å². The zero-order valence-electron chi connectivity index (χ0n) is 11.3. The lowest BCUT2D eigenvalue weighted by Crippen LogP contribution is -2.59. The smallest absolute Gasteiger partial charge is 0.303 e. The van der Waals surface area contributed by atoms with Crippen molar-refractivity contribution in [3.63, 3.8) is 0 Å². The number of rotatable bonds is 2. The van der Waals surface area contributed by atoms with E-state index in [4.69, 9.17) is 9.47 Å². The number of halogens is 1. The summed E-state index contributed by atoms with van der Waals surface area (Å²) in [5.41, 5.74) is -1.21. The van der Waals surface area contributed by atoms with Crippen LogP contribution in [0.4, 0.5) is 0 Å². The van der Waals surface area contributed by atoms with E-state index in [0.29, 0.717) is 12.8 Å². The molecule has 1 saturated carbocycles. The van der Waals surface area contributed by atoms with E-state index in [9.17, 15) is 9.59 Å². The van der Waals surface area contributed by atoms with Gasteiger partial charge in [0.25, 0.3) is 0 Å². The minimum Gasteiger partial charge on any atom is -0.458 e. The summed E-state index contributed by atoms with van der Waals surface area (Å²) < 4.78 is 11.2. The summed E-state index contributed by atoms with van der Waals surface area (Å²) in [6.45, 7) is 2.84. The van der Waals surface area contributed by atoms with Gasteiger partial charge in [0, 0.05) is 26.7 Å². The van der Waals surface area contributed by atoms with E-state index in [1.165, 1.54) is 13.8 Å². The van der Waals surface area contributed by atoms with Gasteiger partial charge in [0.05, 0.1) is 4.83 Å². The fraction of sp³-hybridized carbons (Fsp3) is 0.714. The Morgan fingerprint density at radius 2 is 1.47 bits per heavy atom. The van der Waals surface area contributed by atoms with E-state index in [0.717, 1.165) is 19.3 Å². The Balaban J connectivity index is 2.37. The highest BCUT2D eigenvalue weighted by molar-refractivity contribution is 9.09. The van der Waals surface area contributed by atoms with Gasteiger partial charge in [-0.2, -0.15) is 0 Å². The van der Waals surface area contributed by atoms with Crippen LogP contribution >= 0.6 is 15.9 Å². The van der Waals surface area contributed by atoms with Gasteiger partial charge in [-0.15, -0.1) is 0 Å². The highest BCUT2D eigenvalue weighted by Crippen LogP contribution is 2.50. The molecule has 0 aliphatic heterocycles. The first-order valence-corrected chi connectivity index (χ1v) is 7.50. The number of ether oxygens (including phenoxy) is 2. The molecule has 2 aliphatic carbocycles. The van der Waals surface area contributed by atoms with Crippen molar-refractivity contribution in [1.29, 1.82) is 0 Å². The highest BCUT2D eigenvalue weighted by atomic mass is 79.9. The van der Waals surface area contributed by atoms with Crippen LogP contribution in [0, 0.1) is 0 Å². The van der Waals surface area contributed by atoms with Crippen LogP contribution in [0.15, 0.2) is 12.2 Å². The van der Waals surface area contributed by atoms with Crippen LogP contribution in [0.1, 0.15) is 46.0 Å². The molecule has 0 aromatic heterocycles. The summed E-state index contributed by atoms with van der Waals surface area (Å²) in [6.07, 6.45) is 7.81. The molecule has 2 bridgehead atoms. The summed E-state index contributed by atoms with van der Waals surface area (Å²) in [6, 6.07) is 0. The maximum atomic E-state index is 11.4. The molecule has 2 atom stereocenters. The van der Waals surface area contributed by atoms with Gasteiger partial charge >= 0.3 is 11.9 Å². The molecule has 0 aromatic carbocycles. The Bertz CT molecular complexity index is 384. The predicted octanol–water partition coefficient (Wildman–Crippen LogP) is 2.89. The zero-order chi connectivity index (χ0) is 14.1. The number of esters is 2. The number of hydrogen-bond donors (Lipinski definition) is 0. The third-order valence-electron chi connectivity index (χ3n) is 3.91. The maximum absolute atomic E-state index is 11.4. The van der Waals surface area contributed by atoms with Gasteiger partial charge in [-0.05, 0) is 19.3 Å². The lowest BCUT2D eigenvalue weighted by Gasteiger charge is -2.49. The molecule has 0 amide bonds. The number of fused-ring (bicyclic) bond motifs is 2. The molecule has 4 nitrogen and oxygen atoms in total. The van der Waals surface area contributed by atoms with Gasteiger partial charge in [-0.25, -0.2) is 0 Å². The molecule has 5 heteroatoms. The minimum absolute atomic E-state index is 0.177. The molecule has 2 aliphatic rings. The van der Waals surface area contributed by atoms with Crippen molar-refractivity contribution in [2.24, 2.45) is 0 Å². The van der Waals surface area contributed by atoms with Gasteiger partial charge in [0.1, 0.15) is 11.2 Å². The number of carbonyl (C=O) groups is 2. The van der Waals surface area contributed by atoms with Crippen molar-refractivity contribution in [2.75, 3.05) is 0 Å². The van der Waals surface area contributed by atoms with Gasteiger partial charge in [-0.1, -0.05) is 28.1 Å². The van der Waals surface area contributed by atoms with Crippen LogP contribution in [-0.4, -0.2) is 28.0 Å². The highest BCUT2D eigenvalue weighted by Gasteiger charge is 2.56. The molecule has 0 aromatic rings. The molecule has 1 fully saturated rings. The number of hydrogen-bond acceptors (Lipinski definition) is 4. The average Bonchev–Trinajstić information content (AvgIpc) is 2.37. The predicted molar refractivity (Wildman–Crippen MR) is 73.9 cm³/mol. The van der Waals surface area contributed by atoms with Gasteiger partial charge < -0.3 is 9.47 Å². The summed E-state index contributed by atoms with van der Waals surface area (Å²) in [5.74, 6) is -0.586. The van der Waals surface area contributed by atoms with Crippen molar-refractivity contribution in [2.45, 2.75) is 62.0 Å². The van der Waals surface area contributed by atoms with Crippen molar-refractivity contribution >= 4 is 27.9 Å².